The van der Waals surface area contributed by atoms with E-state index in [1.54, 1.807) is 6.20 Å². The number of benzene rings is 1. The van der Waals surface area contributed by atoms with E-state index < -0.39 is 0 Å². The summed E-state index contributed by atoms with van der Waals surface area (Å²) in [5, 5.41) is 10.1. The second kappa shape index (κ2) is 5.77. The van der Waals surface area contributed by atoms with Crippen LogP contribution in [0, 0.1) is 6.92 Å². The van der Waals surface area contributed by atoms with Crippen LogP contribution in [0.2, 0.25) is 0 Å². The van der Waals surface area contributed by atoms with Crippen molar-refractivity contribution in [3.8, 4) is 0 Å². The first-order chi connectivity index (χ1) is 9.51. The summed E-state index contributed by atoms with van der Waals surface area (Å²) in [6, 6.07) is 5.97. The summed E-state index contributed by atoms with van der Waals surface area (Å²) < 4.78 is 1.81. The molecule has 0 saturated carbocycles. The molecule has 2 N–H and O–H groups in total. The topological polar surface area (TPSA) is 59.0 Å². The Hall–Kier alpha value is -2.30. The minimum atomic E-state index is -0.141. The molecule has 1 aromatic heterocycles. The fraction of sp³-hybridized carbons (Fsp3) is 0.333. The van der Waals surface area contributed by atoms with Crippen LogP contribution in [0.5, 0.6) is 0 Å². The molecular formula is C15H20N4O. The third-order valence-corrected chi connectivity index (χ3v) is 3.08. The Balaban J connectivity index is 2.19. The second-order valence-corrected chi connectivity index (χ2v) is 5.06. The van der Waals surface area contributed by atoms with Gasteiger partial charge in [0, 0.05) is 25.0 Å². The molecule has 0 unspecified atom stereocenters. The number of amides is 1. The number of hydrogen-bond donors (Lipinski definition) is 2. The van der Waals surface area contributed by atoms with Crippen molar-refractivity contribution in [2.24, 2.45) is 0 Å². The van der Waals surface area contributed by atoms with Gasteiger partial charge in [-0.25, -0.2) is 0 Å². The molecule has 0 aliphatic carbocycles. The summed E-state index contributed by atoms with van der Waals surface area (Å²) in [4.78, 5) is 12.3. The van der Waals surface area contributed by atoms with Crippen molar-refractivity contribution in [2.75, 3.05) is 17.7 Å². The van der Waals surface area contributed by atoms with Gasteiger partial charge in [-0.3, -0.25) is 9.48 Å². The first kappa shape index (κ1) is 14.1. The fourth-order valence-electron chi connectivity index (χ4n) is 1.95. The van der Waals surface area contributed by atoms with Crippen molar-refractivity contribution in [2.45, 2.75) is 26.8 Å². The highest BCUT2D eigenvalue weighted by molar-refractivity contribution is 6.08. The molecule has 0 radical (unpaired) electrons. The van der Waals surface area contributed by atoms with E-state index in [9.17, 15) is 4.79 Å². The molecule has 5 heteroatoms. The predicted octanol–water partition coefficient (Wildman–Crippen LogP) is 3.07. The summed E-state index contributed by atoms with van der Waals surface area (Å²) >= 11 is 0. The highest BCUT2D eigenvalue weighted by Crippen LogP contribution is 2.19. The summed E-state index contributed by atoms with van der Waals surface area (Å²) in [5.74, 6) is -0.141. The highest BCUT2D eigenvalue weighted by atomic mass is 16.1. The van der Waals surface area contributed by atoms with Crippen LogP contribution in [-0.2, 0) is 0 Å². The molecule has 0 aliphatic heterocycles. The molecule has 1 heterocycles. The van der Waals surface area contributed by atoms with E-state index in [0.717, 1.165) is 11.3 Å². The van der Waals surface area contributed by atoms with Gasteiger partial charge in [0.15, 0.2) is 0 Å². The smallest absolute Gasteiger partial charge is 0.257 e. The molecule has 0 aliphatic rings. The lowest BCUT2D eigenvalue weighted by atomic mass is 10.1. The molecule has 0 saturated heterocycles. The number of rotatable bonds is 4. The average molecular weight is 272 g/mol. The fourth-order valence-corrected chi connectivity index (χ4v) is 1.95. The van der Waals surface area contributed by atoms with E-state index in [-0.39, 0.29) is 11.9 Å². The quantitative estimate of drug-likeness (QED) is 0.899. The Labute approximate surface area is 119 Å². The van der Waals surface area contributed by atoms with Gasteiger partial charge in [-0.05, 0) is 38.5 Å². The Bertz CT molecular complexity index is 616. The second-order valence-electron chi connectivity index (χ2n) is 5.06. The number of carbonyl (C=O) groups is 1. The van der Waals surface area contributed by atoms with E-state index in [1.165, 1.54) is 0 Å². The summed E-state index contributed by atoms with van der Waals surface area (Å²) in [7, 11) is 1.81. The lowest BCUT2D eigenvalue weighted by Gasteiger charge is -2.09. The Kier molecular flexibility index (Phi) is 4.08. The Morgan fingerprint density at radius 1 is 1.35 bits per heavy atom. The minimum Gasteiger partial charge on any atom is -0.387 e. The van der Waals surface area contributed by atoms with Crippen LogP contribution in [0.15, 0.2) is 30.6 Å². The summed E-state index contributed by atoms with van der Waals surface area (Å²) in [6.07, 6.45) is 3.49. The molecule has 0 atom stereocenters. The predicted molar refractivity (Wildman–Crippen MR) is 81.3 cm³/mol. The standard InChI is InChI=1S/C15H20N4O/c1-10(2)19-9-12(8-17-19)18-15(20)13-6-5-11(3)7-14(13)16-4/h5-10,16H,1-4H3,(H,18,20). The summed E-state index contributed by atoms with van der Waals surface area (Å²) in [6.45, 7) is 6.07. The number of aryl methyl sites for hydroxylation is 1. The van der Waals surface area contributed by atoms with Gasteiger partial charge in [0.05, 0.1) is 17.4 Å². The molecule has 0 fully saturated rings. The number of aromatic nitrogens is 2. The lowest BCUT2D eigenvalue weighted by Crippen LogP contribution is -2.13. The Morgan fingerprint density at radius 3 is 2.70 bits per heavy atom. The molecular weight excluding hydrogens is 252 g/mol. The van der Waals surface area contributed by atoms with E-state index in [2.05, 4.69) is 15.7 Å². The molecule has 0 bridgehead atoms. The van der Waals surface area contributed by atoms with Crippen LogP contribution >= 0.6 is 0 Å². The van der Waals surface area contributed by atoms with Crippen LogP contribution in [0.25, 0.3) is 0 Å². The van der Waals surface area contributed by atoms with Gasteiger partial charge in [-0.1, -0.05) is 6.07 Å². The first-order valence-corrected chi connectivity index (χ1v) is 6.65. The zero-order chi connectivity index (χ0) is 14.7. The SMILES string of the molecule is CNc1cc(C)ccc1C(=O)Nc1cnn(C(C)C)c1. The van der Waals surface area contributed by atoms with Crippen molar-refractivity contribution >= 4 is 17.3 Å². The van der Waals surface area contributed by atoms with Crippen molar-refractivity contribution in [3.63, 3.8) is 0 Å². The maximum absolute atomic E-state index is 12.3. The molecule has 106 valence electrons. The minimum absolute atomic E-state index is 0.141. The number of nitrogens with zero attached hydrogens (tertiary/aromatic N) is 2. The third-order valence-electron chi connectivity index (χ3n) is 3.08. The molecule has 2 rings (SSSR count). The Morgan fingerprint density at radius 2 is 2.10 bits per heavy atom. The number of hydrogen-bond acceptors (Lipinski definition) is 3. The van der Waals surface area contributed by atoms with Crippen LogP contribution < -0.4 is 10.6 Å². The van der Waals surface area contributed by atoms with Gasteiger partial charge in [0.2, 0.25) is 0 Å². The van der Waals surface area contributed by atoms with Gasteiger partial charge in [0.25, 0.3) is 5.91 Å². The normalized spacial score (nSPS) is 10.7. The molecule has 1 aromatic carbocycles. The molecule has 20 heavy (non-hydrogen) atoms. The third kappa shape index (κ3) is 2.99. The molecule has 1 amide bonds. The van der Waals surface area contributed by atoms with Crippen LogP contribution in [0.4, 0.5) is 11.4 Å². The maximum atomic E-state index is 12.3. The zero-order valence-corrected chi connectivity index (χ0v) is 12.3. The van der Waals surface area contributed by atoms with Crippen LogP contribution in [0.3, 0.4) is 0 Å². The van der Waals surface area contributed by atoms with Gasteiger partial charge in [-0.15, -0.1) is 0 Å². The van der Waals surface area contributed by atoms with Crippen LogP contribution in [0.1, 0.15) is 35.8 Å². The number of anilines is 2. The van der Waals surface area contributed by atoms with Crippen molar-refractivity contribution in [1.29, 1.82) is 0 Å². The monoisotopic (exact) mass is 272 g/mol. The van der Waals surface area contributed by atoms with Gasteiger partial charge >= 0.3 is 0 Å². The average Bonchev–Trinajstić information content (AvgIpc) is 2.87. The van der Waals surface area contributed by atoms with Gasteiger partial charge in [0.1, 0.15) is 0 Å². The number of nitrogens with one attached hydrogen (secondary N) is 2. The maximum Gasteiger partial charge on any atom is 0.257 e. The van der Waals surface area contributed by atoms with Gasteiger partial charge < -0.3 is 10.6 Å². The van der Waals surface area contributed by atoms with Gasteiger partial charge in [-0.2, -0.15) is 5.10 Å². The van der Waals surface area contributed by atoms with Crippen LogP contribution in [-0.4, -0.2) is 22.7 Å². The van der Waals surface area contributed by atoms with E-state index in [1.807, 2.05) is 56.9 Å². The first-order valence-electron chi connectivity index (χ1n) is 6.65. The van der Waals surface area contributed by atoms with Crippen molar-refractivity contribution in [1.82, 2.24) is 9.78 Å². The summed E-state index contributed by atoms with van der Waals surface area (Å²) in [5.41, 5.74) is 3.25. The molecule has 2 aromatic rings. The van der Waals surface area contributed by atoms with E-state index in [0.29, 0.717) is 11.3 Å². The zero-order valence-electron chi connectivity index (χ0n) is 12.3. The highest BCUT2D eigenvalue weighted by Gasteiger charge is 2.12. The van der Waals surface area contributed by atoms with Crippen molar-refractivity contribution in [3.05, 3.63) is 41.7 Å². The lowest BCUT2D eigenvalue weighted by molar-refractivity contribution is 0.102. The largest absolute Gasteiger partial charge is 0.387 e. The van der Waals surface area contributed by atoms with E-state index in [4.69, 9.17) is 0 Å². The molecule has 0 spiro atoms. The van der Waals surface area contributed by atoms with Crippen molar-refractivity contribution < 1.29 is 4.79 Å². The number of carbonyl (C=O) groups excluding carboxylic acids is 1. The van der Waals surface area contributed by atoms with E-state index >= 15 is 0 Å². The molecule has 5 nitrogen and oxygen atoms in total.